The highest BCUT2D eigenvalue weighted by atomic mass is 16.5. The number of rotatable bonds is 4. The molecule has 0 amide bonds. The molecule has 3 aliphatic carbocycles. The van der Waals surface area contributed by atoms with Crippen molar-refractivity contribution in [3.63, 3.8) is 0 Å². The summed E-state index contributed by atoms with van der Waals surface area (Å²) in [4.78, 5) is 12.3. The zero-order valence-corrected chi connectivity index (χ0v) is 18.7. The molecule has 31 heavy (non-hydrogen) atoms. The van der Waals surface area contributed by atoms with E-state index in [9.17, 15) is 9.90 Å². The lowest BCUT2D eigenvalue weighted by atomic mass is 9.86. The van der Waals surface area contributed by atoms with Crippen LogP contribution >= 0.6 is 0 Å². The first-order valence-electron chi connectivity index (χ1n) is 11.7. The van der Waals surface area contributed by atoms with Crippen LogP contribution in [0, 0.1) is 31.6 Å². The van der Waals surface area contributed by atoms with E-state index in [1.54, 1.807) is 6.07 Å². The van der Waals surface area contributed by atoms with Gasteiger partial charge in [-0.2, -0.15) is 0 Å². The number of hydrogen-bond donors (Lipinski definition) is 1. The molecule has 1 fully saturated rings. The van der Waals surface area contributed by atoms with E-state index in [4.69, 9.17) is 4.74 Å². The SMILES string of the molecule is Cc1cc(C)c2c(c1)[C@H](Oc1ccc(O)c(C3C=CCC3=O)c1)[C@@H](C1CC[C@@H](C)C1)C2. The molecule has 2 unspecified atom stereocenters. The minimum absolute atomic E-state index is 0.0242. The Kier molecular flexibility index (Phi) is 5.16. The fraction of sp³-hybridized carbons (Fsp3) is 0.464. The van der Waals surface area contributed by atoms with Crippen molar-refractivity contribution in [3.05, 3.63) is 70.3 Å². The van der Waals surface area contributed by atoms with Gasteiger partial charge in [0.15, 0.2) is 0 Å². The second kappa shape index (κ2) is 7.85. The van der Waals surface area contributed by atoms with Gasteiger partial charge < -0.3 is 9.84 Å². The predicted molar refractivity (Wildman–Crippen MR) is 123 cm³/mol. The maximum atomic E-state index is 12.3. The molecule has 3 heteroatoms. The highest BCUT2D eigenvalue weighted by Crippen LogP contribution is 2.50. The minimum Gasteiger partial charge on any atom is -0.508 e. The Morgan fingerprint density at radius 2 is 1.90 bits per heavy atom. The predicted octanol–water partition coefficient (Wildman–Crippen LogP) is 6.35. The molecule has 5 atom stereocenters. The fourth-order valence-corrected chi connectivity index (χ4v) is 6.17. The van der Waals surface area contributed by atoms with Gasteiger partial charge in [-0.1, -0.05) is 43.2 Å². The Morgan fingerprint density at radius 1 is 1.06 bits per heavy atom. The maximum absolute atomic E-state index is 12.3. The molecule has 0 aliphatic heterocycles. The van der Waals surface area contributed by atoms with Crippen molar-refractivity contribution in [2.24, 2.45) is 17.8 Å². The number of hydrogen-bond acceptors (Lipinski definition) is 3. The summed E-state index contributed by atoms with van der Waals surface area (Å²) in [5.41, 5.74) is 6.08. The van der Waals surface area contributed by atoms with E-state index in [1.807, 2.05) is 24.3 Å². The van der Waals surface area contributed by atoms with Crippen LogP contribution in [0.15, 0.2) is 42.5 Å². The molecule has 1 N–H and O–H groups in total. The summed E-state index contributed by atoms with van der Waals surface area (Å²) in [6.45, 7) is 6.75. The Bertz CT molecular complexity index is 1050. The van der Waals surface area contributed by atoms with Crippen LogP contribution in [-0.4, -0.2) is 10.9 Å². The average Bonchev–Trinajstić information content (AvgIpc) is 3.43. The Morgan fingerprint density at radius 3 is 2.61 bits per heavy atom. The second-order valence-electron chi connectivity index (χ2n) is 10.0. The zero-order chi connectivity index (χ0) is 21.7. The number of aromatic hydroxyl groups is 1. The number of allylic oxidation sites excluding steroid dienone is 2. The number of carbonyl (C=O) groups is 1. The number of aryl methyl sites for hydroxylation is 2. The van der Waals surface area contributed by atoms with Crippen molar-refractivity contribution in [2.45, 2.75) is 64.9 Å². The molecule has 3 nitrogen and oxygen atoms in total. The molecule has 0 bridgehead atoms. The van der Waals surface area contributed by atoms with Gasteiger partial charge >= 0.3 is 0 Å². The van der Waals surface area contributed by atoms with Gasteiger partial charge in [-0.15, -0.1) is 0 Å². The van der Waals surface area contributed by atoms with Crippen LogP contribution in [0.2, 0.25) is 0 Å². The van der Waals surface area contributed by atoms with E-state index in [1.165, 1.54) is 41.5 Å². The van der Waals surface area contributed by atoms with Crippen LogP contribution < -0.4 is 4.74 Å². The monoisotopic (exact) mass is 416 g/mol. The first kappa shape index (κ1) is 20.4. The Labute approximate surface area is 185 Å². The van der Waals surface area contributed by atoms with E-state index >= 15 is 0 Å². The normalized spacial score (nSPS) is 29.5. The molecule has 0 saturated heterocycles. The summed E-state index contributed by atoms with van der Waals surface area (Å²) in [6, 6.07) is 9.98. The zero-order valence-electron chi connectivity index (χ0n) is 18.7. The molecule has 0 radical (unpaired) electrons. The fourth-order valence-electron chi connectivity index (χ4n) is 6.17. The van der Waals surface area contributed by atoms with Crippen molar-refractivity contribution in [3.8, 4) is 11.5 Å². The largest absolute Gasteiger partial charge is 0.508 e. The van der Waals surface area contributed by atoms with Gasteiger partial charge in [0.2, 0.25) is 0 Å². The van der Waals surface area contributed by atoms with Crippen LogP contribution in [0.1, 0.15) is 72.4 Å². The van der Waals surface area contributed by atoms with Crippen molar-refractivity contribution in [1.82, 2.24) is 0 Å². The number of fused-ring (bicyclic) bond motifs is 1. The molecule has 5 rings (SSSR count). The molecule has 1 saturated carbocycles. The van der Waals surface area contributed by atoms with Gasteiger partial charge in [0.1, 0.15) is 23.4 Å². The molecule has 0 aromatic heterocycles. The quantitative estimate of drug-likeness (QED) is 0.591. The summed E-state index contributed by atoms with van der Waals surface area (Å²) >= 11 is 0. The van der Waals surface area contributed by atoms with Crippen LogP contribution in [0.25, 0.3) is 0 Å². The van der Waals surface area contributed by atoms with Gasteiger partial charge in [-0.05, 0) is 79.8 Å². The molecule has 2 aromatic rings. The third-order valence-electron chi connectivity index (χ3n) is 7.72. The Balaban J connectivity index is 1.50. The smallest absolute Gasteiger partial charge is 0.147 e. The van der Waals surface area contributed by atoms with E-state index in [0.717, 1.165) is 18.1 Å². The van der Waals surface area contributed by atoms with E-state index < -0.39 is 0 Å². The summed E-state index contributed by atoms with van der Waals surface area (Å²) in [5, 5.41) is 10.4. The summed E-state index contributed by atoms with van der Waals surface area (Å²) in [7, 11) is 0. The molecule has 162 valence electrons. The Hall–Kier alpha value is -2.55. The van der Waals surface area contributed by atoms with E-state index in [-0.39, 0.29) is 23.6 Å². The van der Waals surface area contributed by atoms with Gasteiger partial charge in [0.05, 0.1) is 5.92 Å². The highest BCUT2D eigenvalue weighted by molar-refractivity contribution is 5.92. The molecular formula is C28H32O3. The molecule has 3 aliphatic rings. The van der Waals surface area contributed by atoms with Crippen LogP contribution in [0.4, 0.5) is 0 Å². The number of ketones is 1. The lowest BCUT2D eigenvalue weighted by molar-refractivity contribution is -0.118. The van der Waals surface area contributed by atoms with E-state index in [2.05, 4.69) is 32.9 Å². The molecule has 0 heterocycles. The maximum Gasteiger partial charge on any atom is 0.147 e. The standard InChI is InChI=1S/C28H32O3/c1-16-7-8-19(12-16)23-15-22-18(3)11-17(2)13-25(22)28(23)31-20-9-10-27(30)24(14-20)21-5-4-6-26(21)29/h4-5,9-11,13-14,16,19,21,23,28,30H,6-8,12,15H2,1-3H3/t16-,19?,21?,23-,28-/m1/s1. The third kappa shape index (κ3) is 3.69. The van der Waals surface area contributed by atoms with E-state index in [0.29, 0.717) is 23.8 Å². The molecular weight excluding hydrogens is 384 g/mol. The third-order valence-corrected chi connectivity index (χ3v) is 7.72. The van der Waals surface area contributed by atoms with Crippen molar-refractivity contribution in [2.75, 3.05) is 0 Å². The van der Waals surface area contributed by atoms with Gasteiger partial charge in [0, 0.05) is 17.9 Å². The average molecular weight is 417 g/mol. The summed E-state index contributed by atoms with van der Waals surface area (Å²) < 4.78 is 6.72. The van der Waals surface area contributed by atoms with Crippen molar-refractivity contribution >= 4 is 5.78 Å². The highest BCUT2D eigenvalue weighted by Gasteiger charge is 2.42. The van der Waals surface area contributed by atoms with Crippen molar-refractivity contribution in [1.29, 1.82) is 0 Å². The second-order valence-corrected chi connectivity index (χ2v) is 10.0. The lowest BCUT2D eigenvalue weighted by Gasteiger charge is -2.27. The van der Waals surface area contributed by atoms with Crippen molar-refractivity contribution < 1.29 is 14.6 Å². The summed E-state index contributed by atoms with van der Waals surface area (Å²) in [6.07, 6.45) is 9.18. The van der Waals surface area contributed by atoms with Crippen LogP contribution in [0.5, 0.6) is 11.5 Å². The minimum atomic E-state index is -0.365. The number of Topliss-reactive ketones (excluding diaryl/α,β-unsaturated/α-hetero) is 1. The van der Waals surface area contributed by atoms with Crippen LogP contribution in [0.3, 0.4) is 0 Å². The lowest BCUT2D eigenvalue weighted by Crippen LogP contribution is -2.21. The molecule has 0 spiro atoms. The number of phenolic OH excluding ortho intramolecular Hbond substituents is 1. The van der Waals surface area contributed by atoms with Crippen LogP contribution in [-0.2, 0) is 11.2 Å². The summed E-state index contributed by atoms with van der Waals surface area (Å²) in [5.74, 6) is 2.62. The van der Waals surface area contributed by atoms with Gasteiger partial charge in [-0.25, -0.2) is 0 Å². The number of carbonyl (C=O) groups excluding carboxylic acids is 1. The molecule has 2 aromatic carbocycles. The first-order chi connectivity index (χ1) is 14.9. The van der Waals surface area contributed by atoms with Gasteiger partial charge in [0.25, 0.3) is 0 Å². The number of phenols is 1. The number of benzene rings is 2. The van der Waals surface area contributed by atoms with Gasteiger partial charge in [-0.3, -0.25) is 4.79 Å². The number of ether oxygens (including phenoxy) is 1. The topological polar surface area (TPSA) is 46.5 Å². The first-order valence-corrected chi connectivity index (χ1v) is 11.7.